The van der Waals surface area contributed by atoms with Gasteiger partial charge < -0.3 is 15.2 Å². The van der Waals surface area contributed by atoms with Crippen molar-refractivity contribution in [3.8, 4) is 0 Å². The molecule has 4 rings (SSSR count). The van der Waals surface area contributed by atoms with E-state index < -0.39 is 0 Å². The molecule has 2 aliphatic rings. The zero-order valence-corrected chi connectivity index (χ0v) is 17.7. The Kier molecular flexibility index (Phi) is 6.41. The Bertz CT molecular complexity index is 835. The van der Waals surface area contributed by atoms with E-state index in [9.17, 15) is 0 Å². The summed E-state index contributed by atoms with van der Waals surface area (Å²) in [6.07, 6.45) is 8.74. The highest BCUT2D eigenvalue weighted by Gasteiger charge is 2.21. The zero-order chi connectivity index (χ0) is 20.1. The molecule has 158 valence electrons. The van der Waals surface area contributed by atoms with E-state index in [1.807, 2.05) is 11.6 Å². The van der Waals surface area contributed by atoms with Gasteiger partial charge in [-0.05, 0) is 39.5 Å². The van der Waals surface area contributed by atoms with Crippen LogP contribution in [-0.4, -0.2) is 54.6 Å². The van der Waals surface area contributed by atoms with Crippen molar-refractivity contribution in [1.82, 2.24) is 40.2 Å². The lowest BCUT2D eigenvalue weighted by atomic mass is 10.1. The van der Waals surface area contributed by atoms with Crippen LogP contribution in [0.1, 0.15) is 62.3 Å². The van der Waals surface area contributed by atoms with Gasteiger partial charge in [0, 0.05) is 44.9 Å². The lowest BCUT2D eigenvalue weighted by Crippen LogP contribution is -2.47. The number of aryl methyl sites for hydroxylation is 4. The Hall–Kier alpha value is -2.45. The van der Waals surface area contributed by atoms with Gasteiger partial charge in [0.2, 0.25) is 0 Å². The maximum Gasteiger partial charge on any atom is 0.191 e. The summed E-state index contributed by atoms with van der Waals surface area (Å²) in [5, 5.41) is 20.3. The maximum atomic E-state index is 4.79. The fraction of sp³-hybridized carbons (Fsp3) is 0.750. The minimum atomic E-state index is 0.327. The third-order valence-corrected chi connectivity index (χ3v) is 5.66. The van der Waals surface area contributed by atoms with Crippen LogP contribution in [0.2, 0.25) is 0 Å². The van der Waals surface area contributed by atoms with Crippen LogP contribution in [0.15, 0.2) is 4.99 Å². The fourth-order valence-corrected chi connectivity index (χ4v) is 4.22. The number of aliphatic imine (C=N–C) groups is 1. The minimum absolute atomic E-state index is 0.327. The number of aromatic nitrogens is 6. The SMILES string of the molecule is CCNC(=NCCCc1nnc2n1CCCCC2)NC1CCc2nc(C)nn2C1. The van der Waals surface area contributed by atoms with Gasteiger partial charge in [-0.1, -0.05) is 6.42 Å². The molecule has 2 N–H and O–H groups in total. The van der Waals surface area contributed by atoms with E-state index in [-0.39, 0.29) is 0 Å². The molecule has 4 heterocycles. The number of hydrogen-bond donors (Lipinski definition) is 2. The van der Waals surface area contributed by atoms with Gasteiger partial charge in [-0.2, -0.15) is 5.10 Å². The van der Waals surface area contributed by atoms with Crippen molar-refractivity contribution in [2.24, 2.45) is 4.99 Å². The van der Waals surface area contributed by atoms with Gasteiger partial charge in [0.25, 0.3) is 0 Å². The van der Waals surface area contributed by atoms with Crippen LogP contribution in [0.5, 0.6) is 0 Å². The summed E-state index contributed by atoms with van der Waals surface area (Å²) in [5.74, 6) is 5.12. The van der Waals surface area contributed by atoms with Crippen LogP contribution < -0.4 is 10.6 Å². The van der Waals surface area contributed by atoms with Crippen molar-refractivity contribution < 1.29 is 0 Å². The number of rotatable bonds is 6. The molecule has 0 aliphatic carbocycles. The largest absolute Gasteiger partial charge is 0.357 e. The van der Waals surface area contributed by atoms with Crippen LogP contribution in [0.4, 0.5) is 0 Å². The first-order chi connectivity index (χ1) is 14.2. The van der Waals surface area contributed by atoms with Crippen molar-refractivity contribution in [2.75, 3.05) is 13.1 Å². The van der Waals surface area contributed by atoms with Crippen molar-refractivity contribution in [3.05, 3.63) is 23.3 Å². The fourth-order valence-electron chi connectivity index (χ4n) is 4.22. The quantitative estimate of drug-likeness (QED) is 0.433. The Morgan fingerprint density at radius 1 is 1.17 bits per heavy atom. The number of guanidine groups is 1. The van der Waals surface area contributed by atoms with Crippen LogP contribution in [0.3, 0.4) is 0 Å². The highest BCUT2D eigenvalue weighted by atomic mass is 15.4. The standard InChI is InChI=1S/C20H33N9/c1-3-21-20(24-16-10-11-17-23-15(2)27-29(17)14-16)22-12-7-9-19-26-25-18-8-5-4-6-13-28(18)19/h16H,3-14H2,1-2H3,(H2,21,22,24). The first kappa shape index (κ1) is 19.8. The first-order valence-electron chi connectivity index (χ1n) is 11.1. The van der Waals surface area contributed by atoms with E-state index in [0.29, 0.717) is 6.04 Å². The van der Waals surface area contributed by atoms with E-state index in [0.717, 1.165) is 87.5 Å². The lowest BCUT2D eigenvalue weighted by molar-refractivity contribution is 0.392. The van der Waals surface area contributed by atoms with Crippen molar-refractivity contribution >= 4 is 5.96 Å². The molecule has 0 aromatic carbocycles. The Balaban J connectivity index is 1.29. The summed E-state index contributed by atoms with van der Waals surface area (Å²) in [4.78, 5) is 9.28. The Morgan fingerprint density at radius 3 is 3.00 bits per heavy atom. The van der Waals surface area contributed by atoms with Crippen LogP contribution >= 0.6 is 0 Å². The zero-order valence-electron chi connectivity index (χ0n) is 17.7. The predicted octanol–water partition coefficient (Wildman–Crippen LogP) is 1.41. The minimum Gasteiger partial charge on any atom is -0.357 e. The molecule has 1 atom stereocenters. The van der Waals surface area contributed by atoms with Gasteiger partial charge in [0.15, 0.2) is 5.96 Å². The van der Waals surface area contributed by atoms with Gasteiger partial charge in [-0.3, -0.25) is 4.99 Å². The second-order valence-electron chi connectivity index (χ2n) is 8.00. The molecule has 2 aliphatic heterocycles. The molecule has 0 saturated heterocycles. The summed E-state index contributed by atoms with van der Waals surface area (Å²) in [7, 11) is 0. The van der Waals surface area contributed by atoms with Crippen LogP contribution in [0, 0.1) is 6.92 Å². The second-order valence-corrected chi connectivity index (χ2v) is 8.00. The molecule has 0 spiro atoms. The van der Waals surface area contributed by atoms with Gasteiger partial charge in [-0.15, -0.1) is 10.2 Å². The molecule has 0 amide bonds. The van der Waals surface area contributed by atoms with Gasteiger partial charge in [0.05, 0.1) is 6.54 Å². The summed E-state index contributed by atoms with van der Waals surface area (Å²) in [6, 6.07) is 0.327. The average molecular weight is 400 g/mol. The highest BCUT2D eigenvalue weighted by molar-refractivity contribution is 5.80. The molecule has 2 aromatic rings. The number of hydrogen-bond acceptors (Lipinski definition) is 5. The van der Waals surface area contributed by atoms with Crippen molar-refractivity contribution in [2.45, 2.75) is 84.3 Å². The molecule has 1 unspecified atom stereocenters. The summed E-state index contributed by atoms with van der Waals surface area (Å²) >= 11 is 0. The van der Waals surface area contributed by atoms with Crippen molar-refractivity contribution in [3.63, 3.8) is 0 Å². The first-order valence-corrected chi connectivity index (χ1v) is 11.1. The molecule has 2 aromatic heterocycles. The smallest absolute Gasteiger partial charge is 0.191 e. The van der Waals surface area contributed by atoms with Gasteiger partial charge in [0.1, 0.15) is 23.3 Å². The molecule has 9 heteroatoms. The molecule has 0 bridgehead atoms. The molecule has 0 fully saturated rings. The van der Waals surface area contributed by atoms with E-state index >= 15 is 0 Å². The maximum absolute atomic E-state index is 4.79. The molecular weight excluding hydrogens is 366 g/mol. The third kappa shape index (κ3) is 4.94. The van der Waals surface area contributed by atoms with E-state index in [4.69, 9.17) is 4.99 Å². The number of nitrogens with one attached hydrogen (secondary N) is 2. The summed E-state index contributed by atoms with van der Waals surface area (Å²) < 4.78 is 4.36. The summed E-state index contributed by atoms with van der Waals surface area (Å²) in [6.45, 7) is 7.58. The topological polar surface area (TPSA) is 97.8 Å². The average Bonchev–Trinajstić information content (AvgIpc) is 3.18. The monoisotopic (exact) mass is 399 g/mol. The Morgan fingerprint density at radius 2 is 2.10 bits per heavy atom. The van der Waals surface area contributed by atoms with Crippen LogP contribution in [-0.2, 0) is 32.4 Å². The van der Waals surface area contributed by atoms with E-state index in [2.05, 4.69) is 42.4 Å². The van der Waals surface area contributed by atoms with Gasteiger partial charge >= 0.3 is 0 Å². The predicted molar refractivity (Wildman–Crippen MR) is 112 cm³/mol. The van der Waals surface area contributed by atoms with Crippen molar-refractivity contribution in [1.29, 1.82) is 0 Å². The lowest BCUT2D eigenvalue weighted by Gasteiger charge is -2.25. The molecule has 9 nitrogen and oxygen atoms in total. The number of fused-ring (bicyclic) bond motifs is 2. The number of nitrogens with zero attached hydrogens (tertiary/aromatic N) is 7. The van der Waals surface area contributed by atoms with Crippen LogP contribution in [0.25, 0.3) is 0 Å². The van der Waals surface area contributed by atoms with E-state index in [1.54, 1.807) is 0 Å². The van der Waals surface area contributed by atoms with E-state index in [1.165, 1.54) is 19.3 Å². The third-order valence-electron chi connectivity index (χ3n) is 5.66. The Labute approximate surface area is 172 Å². The molecular formula is C20H33N9. The second kappa shape index (κ2) is 9.37. The molecule has 29 heavy (non-hydrogen) atoms. The molecule has 0 saturated carbocycles. The summed E-state index contributed by atoms with van der Waals surface area (Å²) in [5.41, 5.74) is 0. The van der Waals surface area contributed by atoms with Gasteiger partial charge in [-0.25, -0.2) is 9.67 Å². The highest BCUT2D eigenvalue weighted by Crippen LogP contribution is 2.15. The normalized spacial score (nSPS) is 19.4. The molecule has 0 radical (unpaired) electrons.